The molecular formula is C16H21FN4O. The molecule has 22 heavy (non-hydrogen) atoms. The number of hydrogen-bond acceptors (Lipinski definition) is 4. The minimum atomic E-state index is -0.300. The molecule has 1 aliphatic rings. The highest BCUT2D eigenvalue weighted by atomic mass is 19.1. The third-order valence-electron chi connectivity index (χ3n) is 3.92. The van der Waals surface area contributed by atoms with Crippen LogP contribution < -0.4 is 4.74 Å². The summed E-state index contributed by atoms with van der Waals surface area (Å²) in [6.07, 6.45) is 2.23. The van der Waals surface area contributed by atoms with Gasteiger partial charge in [0, 0.05) is 12.5 Å². The summed E-state index contributed by atoms with van der Waals surface area (Å²) in [5.41, 5.74) is 0. The van der Waals surface area contributed by atoms with Crippen LogP contribution in [0.3, 0.4) is 0 Å². The summed E-state index contributed by atoms with van der Waals surface area (Å²) in [6.45, 7) is 5.18. The minimum Gasteiger partial charge on any atom is -0.490 e. The van der Waals surface area contributed by atoms with Crippen LogP contribution in [0.4, 0.5) is 4.39 Å². The highest BCUT2D eigenvalue weighted by molar-refractivity contribution is 5.23. The predicted octanol–water partition coefficient (Wildman–Crippen LogP) is 2.54. The molecule has 6 heteroatoms. The molecule has 1 N–H and O–H groups in total. The Labute approximate surface area is 129 Å². The van der Waals surface area contributed by atoms with E-state index < -0.39 is 0 Å². The Morgan fingerprint density at radius 3 is 3.05 bits per heavy atom. The van der Waals surface area contributed by atoms with Gasteiger partial charge < -0.3 is 4.74 Å². The molecule has 2 aromatic rings. The molecule has 2 heterocycles. The van der Waals surface area contributed by atoms with E-state index in [4.69, 9.17) is 4.74 Å². The van der Waals surface area contributed by atoms with E-state index in [1.54, 1.807) is 18.2 Å². The molecule has 3 rings (SSSR count). The van der Waals surface area contributed by atoms with Gasteiger partial charge in [0.2, 0.25) is 0 Å². The fraction of sp³-hybridized carbons (Fsp3) is 0.500. The number of halogens is 1. The second kappa shape index (κ2) is 6.87. The molecule has 1 aliphatic heterocycles. The Bertz CT molecular complexity index is 616. The number of aryl methyl sites for hydroxylation is 1. The minimum absolute atomic E-state index is 0.300. The second-order valence-corrected chi connectivity index (χ2v) is 5.82. The second-order valence-electron chi connectivity index (χ2n) is 5.82. The number of piperidine rings is 1. The highest BCUT2D eigenvalue weighted by Gasteiger charge is 2.22. The fourth-order valence-corrected chi connectivity index (χ4v) is 2.86. The first-order valence-corrected chi connectivity index (χ1v) is 7.68. The summed E-state index contributed by atoms with van der Waals surface area (Å²) < 4.78 is 19.2. The maximum atomic E-state index is 13.6. The number of benzene rings is 1. The summed E-state index contributed by atoms with van der Waals surface area (Å²) in [5.74, 6) is 2.11. The fourth-order valence-electron chi connectivity index (χ4n) is 2.86. The van der Waals surface area contributed by atoms with E-state index in [1.165, 1.54) is 6.07 Å². The van der Waals surface area contributed by atoms with Gasteiger partial charge in [-0.2, -0.15) is 5.10 Å². The SMILES string of the molecule is Cc1nc(CN2CCC[C@@H](COc3ccccc3F)C2)n[nH]1. The largest absolute Gasteiger partial charge is 0.490 e. The van der Waals surface area contributed by atoms with E-state index in [-0.39, 0.29) is 5.82 Å². The van der Waals surface area contributed by atoms with Crippen LogP contribution in [-0.4, -0.2) is 39.8 Å². The first kappa shape index (κ1) is 15.0. The van der Waals surface area contributed by atoms with E-state index in [0.29, 0.717) is 18.3 Å². The summed E-state index contributed by atoms with van der Waals surface area (Å²) in [5, 5.41) is 7.05. The van der Waals surface area contributed by atoms with Gasteiger partial charge in [0.25, 0.3) is 0 Å². The van der Waals surface area contributed by atoms with Crippen molar-refractivity contribution in [3.63, 3.8) is 0 Å². The lowest BCUT2D eigenvalue weighted by Crippen LogP contribution is -2.37. The zero-order chi connectivity index (χ0) is 15.4. The molecule has 1 aromatic heterocycles. The maximum Gasteiger partial charge on any atom is 0.165 e. The molecule has 0 spiro atoms. The van der Waals surface area contributed by atoms with Crippen LogP contribution in [0.15, 0.2) is 24.3 Å². The number of nitrogens with zero attached hydrogens (tertiary/aromatic N) is 3. The summed E-state index contributed by atoms with van der Waals surface area (Å²) in [6, 6.07) is 6.56. The van der Waals surface area contributed by atoms with Crippen molar-refractivity contribution in [2.24, 2.45) is 5.92 Å². The lowest BCUT2D eigenvalue weighted by Gasteiger charge is -2.31. The summed E-state index contributed by atoms with van der Waals surface area (Å²) >= 11 is 0. The molecule has 1 fully saturated rings. The average molecular weight is 304 g/mol. The van der Waals surface area contributed by atoms with Crippen molar-refractivity contribution in [2.45, 2.75) is 26.3 Å². The van der Waals surface area contributed by atoms with Gasteiger partial charge in [-0.15, -0.1) is 0 Å². The molecule has 0 radical (unpaired) electrons. The van der Waals surface area contributed by atoms with Gasteiger partial charge in [0.1, 0.15) is 5.82 Å². The molecule has 1 aromatic carbocycles. The van der Waals surface area contributed by atoms with E-state index >= 15 is 0 Å². The van der Waals surface area contributed by atoms with Crippen molar-refractivity contribution < 1.29 is 9.13 Å². The van der Waals surface area contributed by atoms with Gasteiger partial charge in [-0.3, -0.25) is 10.00 Å². The van der Waals surface area contributed by atoms with Gasteiger partial charge >= 0.3 is 0 Å². The molecule has 0 bridgehead atoms. The molecule has 0 aliphatic carbocycles. The van der Waals surface area contributed by atoms with Crippen molar-refractivity contribution in [2.75, 3.05) is 19.7 Å². The molecule has 5 nitrogen and oxygen atoms in total. The number of ether oxygens (including phenoxy) is 1. The Hall–Kier alpha value is -1.95. The Kier molecular flexibility index (Phi) is 4.68. The molecular weight excluding hydrogens is 283 g/mol. The van der Waals surface area contributed by atoms with E-state index in [2.05, 4.69) is 20.1 Å². The summed E-state index contributed by atoms with van der Waals surface area (Å²) in [7, 11) is 0. The number of para-hydroxylation sites is 1. The lowest BCUT2D eigenvalue weighted by molar-refractivity contribution is 0.121. The zero-order valence-electron chi connectivity index (χ0n) is 12.8. The number of H-pyrrole nitrogens is 1. The number of likely N-dealkylation sites (tertiary alicyclic amines) is 1. The monoisotopic (exact) mass is 304 g/mol. The van der Waals surface area contributed by atoms with Gasteiger partial charge in [0.05, 0.1) is 13.2 Å². The quantitative estimate of drug-likeness (QED) is 0.922. The van der Waals surface area contributed by atoms with Crippen molar-refractivity contribution in [3.8, 4) is 5.75 Å². The molecule has 0 unspecified atom stereocenters. The normalized spacial score (nSPS) is 19.3. The summed E-state index contributed by atoms with van der Waals surface area (Å²) in [4.78, 5) is 6.68. The van der Waals surface area contributed by atoms with Crippen LogP contribution in [-0.2, 0) is 6.54 Å². The molecule has 1 saturated heterocycles. The van der Waals surface area contributed by atoms with Crippen LogP contribution in [0.25, 0.3) is 0 Å². The van der Waals surface area contributed by atoms with Gasteiger partial charge in [0.15, 0.2) is 17.4 Å². The van der Waals surface area contributed by atoms with Crippen LogP contribution >= 0.6 is 0 Å². The first-order chi connectivity index (χ1) is 10.7. The first-order valence-electron chi connectivity index (χ1n) is 7.68. The average Bonchev–Trinajstić information content (AvgIpc) is 2.92. The van der Waals surface area contributed by atoms with Crippen LogP contribution in [0.2, 0.25) is 0 Å². The van der Waals surface area contributed by atoms with Crippen LogP contribution in [0, 0.1) is 18.7 Å². The zero-order valence-corrected chi connectivity index (χ0v) is 12.8. The number of aromatic nitrogens is 3. The van der Waals surface area contributed by atoms with Gasteiger partial charge in [-0.1, -0.05) is 12.1 Å². The van der Waals surface area contributed by atoms with Crippen molar-refractivity contribution in [1.29, 1.82) is 0 Å². The molecule has 118 valence electrons. The van der Waals surface area contributed by atoms with Crippen LogP contribution in [0.5, 0.6) is 5.75 Å². The third-order valence-corrected chi connectivity index (χ3v) is 3.92. The maximum absolute atomic E-state index is 13.6. The van der Waals surface area contributed by atoms with Crippen molar-refractivity contribution in [3.05, 3.63) is 41.7 Å². The third kappa shape index (κ3) is 3.82. The Morgan fingerprint density at radius 1 is 1.41 bits per heavy atom. The Balaban J connectivity index is 1.51. The van der Waals surface area contributed by atoms with Crippen molar-refractivity contribution in [1.82, 2.24) is 20.1 Å². The van der Waals surface area contributed by atoms with Crippen LogP contribution in [0.1, 0.15) is 24.5 Å². The van der Waals surface area contributed by atoms with Gasteiger partial charge in [-0.25, -0.2) is 9.37 Å². The molecule has 0 saturated carbocycles. The predicted molar refractivity (Wildman–Crippen MR) is 81.0 cm³/mol. The van der Waals surface area contributed by atoms with Gasteiger partial charge in [-0.05, 0) is 38.4 Å². The highest BCUT2D eigenvalue weighted by Crippen LogP contribution is 2.21. The van der Waals surface area contributed by atoms with E-state index in [1.807, 2.05) is 6.92 Å². The Morgan fingerprint density at radius 2 is 2.27 bits per heavy atom. The number of rotatable bonds is 5. The molecule has 1 atom stereocenters. The standard InChI is InChI=1S/C16H21FN4O/c1-12-18-16(20-19-12)10-21-8-4-5-13(9-21)11-22-15-7-3-2-6-14(15)17/h2-3,6-7,13H,4-5,8-11H2,1H3,(H,18,19,20)/t13-/m1/s1. The number of aromatic amines is 1. The van der Waals surface area contributed by atoms with Crippen molar-refractivity contribution >= 4 is 0 Å². The molecule has 0 amide bonds. The smallest absolute Gasteiger partial charge is 0.165 e. The van der Waals surface area contributed by atoms with E-state index in [0.717, 1.165) is 44.1 Å². The van der Waals surface area contributed by atoms with E-state index in [9.17, 15) is 4.39 Å². The topological polar surface area (TPSA) is 54.0 Å². The number of hydrogen-bond donors (Lipinski definition) is 1. The number of nitrogens with one attached hydrogen (secondary N) is 1. The lowest BCUT2D eigenvalue weighted by atomic mass is 9.99.